The molecule has 0 radical (unpaired) electrons. The van der Waals surface area contributed by atoms with Crippen molar-refractivity contribution in [2.75, 3.05) is 7.11 Å². The molecule has 0 saturated carbocycles. The van der Waals surface area contributed by atoms with Crippen LogP contribution in [0, 0.1) is 13.8 Å². The lowest BCUT2D eigenvalue weighted by Gasteiger charge is -2.28. The molecule has 1 saturated heterocycles. The number of hydrogen-bond donors (Lipinski definition) is 1. The standard InChI is InChI=1S/C27H27N5OS/c1-18-16-23(19(2)32(18)21-10-12-22(33-3)13-11-21)26-25(24-9-5-7-15-29-24)30-27(34)31(26)17-20-8-4-6-14-28-20/h4-16,25-26H,17H2,1-3H3,(H,30,34). The van der Waals surface area contributed by atoms with Crippen LogP contribution in [-0.4, -0.2) is 31.7 Å². The average molecular weight is 470 g/mol. The Labute approximate surface area is 205 Å². The number of nitrogens with one attached hydrogen (secondary N) is 1. The van der Waals surface area contributed by atoms with Crippen LogP contribution in [0.15, 0.2) is 79.1 Å². The van der Waals surface area contributed by atoms with Crippen molar-refractivity contribution in [3.63, 3.8) is 0 Å². The quantitative estimate of drug-likeness (QED) is 0.398. The molecule has 4 heterocycles. The molecule has 5 rings (SSSR count). The fraction of sp³-hybridized carbons (Fsp3) is 0.222. The van der Waals surface area contributed by atoms with Crippen LogP contribution in [-0.2, 0) is 6.54 Å². The summed E-state index contributed by atoms with van der Waals surface area (Å²) in [6, 6.07) is 22.3. The molecular weight excluding hydrogens is 442 g/mol. The molecule has 1 fully saturated rings. The van der Waals surface area contributed by atoms with Crippen molar-refractivity contribution in [3.8, 4) is 11.4 Å². The summed E-state index contributed by atoms with van der Waals surface area (Å²) >= 11 is 5.84. The largest absolute Gasteiger partial charge is 0.497 e. The number of aromatic nitrogens is 3. The smallest absolute Gasteiger partial charge is 0.170 e. The summed E-state index contributed by atoms with van der Waals surface area (Å²) in [6.07, 6.45) is 3.65. The minimum absolute atomic E-state index is 0.0254. The van der Waals surface area contributed by atoms with Crippen LogP contribution in [0.2, 0.25) is 0 Å². The Morgan fingerprint density at radius 1 is 0.971 bits per heavy atom. The Kier molecular flexibility index (Phi) is 6.02. The molecule has 6 nitrogen and oxygen atoms in total. The van der Waals surface area contributed by atoms with Gasteiger partial charge in [0.05, 0.1) is 37.1 Å². The van der Waals surface area contributed by atoms with E-state index in [0.717, 1.165) is 28.5 Å². The van der Waals surface area contributed by atoms with Gasteiger partial charge in [0.2, 0.25) is 0 Å². The van der Waals surface area contributed by atoms with Gasteiger partial charge < -0.3 is 19.5 Å². The molecule has 0 amide bonds. The SMILES string of the molecule is COc1ccc(-n2c(C)cc(C3C(c4ccccn4)NC(=S)N3Cc3ccccn3)c2C)cc1. The molecular formula is C27H27N5OS. The topological polar surface area (TPSA) is 55.2 Å². The third kappa shape index (κ3) is 4.03. The number of nitrogens with zero attached hydrogens (tertiary/aromatic N) is 4. The van der Waals surface area contributed by atoms with Gasteiger partial charge >= 0.3 is 0 Å². The summed E-state index contributed by atoms with van der Waals surface area (Å²) < 4.78 is 7.63. The molecule has 1 N–H and O–H groups in total. The van der Waals surface area contributed by atoms with Crippen LogP contribution in [0.3, 0.4) is 0 Å². The minimum Gasteiger partial charge on any atom is -0.497 e. The Morgan fingerprint density at radius 3 is 2.35 bits per heavy atom. The van der Waals surface area contributed by atoms with Crippen LogP contribution < -0.4 is 10.1 Å². The van der Waals surface area contributed by atoms with E-state index in [-0.39, 0.29) is 12.1 Å². The fourth-order valence-electron chi connectivity index (χ4n) is 4.80. The first-order chi connectivity index (χ1) is 16.6. The highest BCUT2D eigenvalue weighted by molar-refractivity contribution is 7.80. The second kappa shape index (κ2) is 9.27. The molecule has 1 aliphatic heterocycles. The second-order valence-corrected chi connectivity index (χ2v) is 8.82. The third-order valence-corrected chi connectivity index (χ3v) is 6.73. The van der Waals surface area contributed by atoms with Gasteiger partial charge in [-0.25, -0.2) is 0 Å². The lowest BCUT2D eigenvalue weighted by molar-refractivity contribution is 0.307. The van der Waals surface area contributed by atoms with Gasteiger partial charge in [-0.15, -0.1) is 0 Å². The number of aryl methyl sites for hydroxylation is 1. The van der Waals surface area contributed by atoms with Gasteiger partial charge in [0.25, 0.3) is 0 Å². The van der Waals surface area contributed by atoms with Crippen LogP contribution in [0.25, 0.3) is 5.69 Å². The van der Waals surface area contributed by atoms with E-state index in [1.54, 1.807) is 7.11 Å². The number of thiocarbonyl (C=S) groups is 1. The number of ether oxygens (including phenoxy) is 1. The van der Waals surface area contributed by atoms with Crippen molar-refractivity contribution in [3.05, 3.63) is 107 Å². The highest BCUT2D eigenvalue weighted by Gasteiger charge is 2.41. The number of pyridine rings is 2. The molecule has 4 aromatic rings. The maximum Gasteiger partial charge on any atom is 0.170 e. The second-order valence-electron chi connectivity index (χ2n) is 8.44. The van der Waals surface area contributed by atoms with Crippen LogP contribution >= 0.6 is 12.2 Å². The molecule has 0 spiro atoms. The molecule has 34 heavy (non-hydrogen) atoms. The number of methoxy groups -OCH3 is 1. The third-order valence-electron chi connectivity index (χ3n) is 6.38. The van der Waals surface area contributed by atoms with Crippen LogP contribution in [0.1, 0.15) is 40.4 Å². The Balaban J connectivity index is 1.60. The molecule has 1 aromatic carbocycles. The zero-order valence-electron chi connectivity index (χ0n) is 19.5. The van der Waals surface area contributed by atoms with Gasteiger partial charge in [0, 0.05) is 29.5 Å². The van der Waals surface area contributed by atoms with E-state index in [1.807, 2.05) is 54.9 Å². The van der Waals surface area contributed by atoms with E-state index in [4.69, 9.17) is 17.0 Å². The zero-order chi connectivity index (χ0) is 23.7. The van der Waals surface area contributed by atoms with E-state index in [9.17, 15) is 0 Å². The van der Waals surface area contributed by atoms with Gasteiger partial charge in [-0.2, -0.15) is 0 Å². The molecule has 2 atom stereocenters. The van der Waals surface area contributed by atoms with Crippen molar-refractivity contribution in [1.82, 2.24) is 24.8 Å². The molecule has 2 unspecified atom stereocenters. The van der Waals surface area contributed by atoms with E-state index < -0.39 is 0 Å². The first kappa shape index (κ1) is 22.1. The van der Waals surface area contributed by atoms with Gasteiger partial charge in [-0.3, -0.25) is 9.97 Å². The predicted octanol–water partition coefficient (Wildman–Crippen LogP) is 5.07. The summed E-state index contributed by atoms with van der Waals surface area (Å²) in [4.78, 5) is 11.4. The Hall–Kier alpha value is -3.71. The number of rotatable bonds is 6. The van der Waals surface area contributed by atoms with Crippen molar-refractivity contribution < 1.29 is 4.74 Å². The van der Waals surface area contributed by atoms with E-state index in [2.05, 4.69) is 62.9 Å². The van der Waals surface area contributed by atoms with Gasteiger partial charge in [0.15, 0.2) is 5.11 Å². The summed E-state index contributed by atoms with van der Waals surface area (Å²) in [7, 11) is 1.68. The first-order valence-electron chi connectivity index (χ1n) is 11.3. The van der Waals surface area contributed by atoms with Gasteiger partial charge in [-0.05, 0) is 86.2 Å². The molecule has 7 heteroatoms. The average Bonchev–Trinajstić information content (AvgIpc) is 3.35. The highest BCUT2D eigenvalue weighted by atomic mass is 32.1. The monoisotopic (exact) mass is 469 g/mol. The van der Waals surface area contributed by atoms with E-state index >= 15 is 0 Å². The predicted molar refractivity (Wildman–Crippen MR) is 137 cm³/mol. The van der Waals surface area contributed by atoms with Gasteiger partial charge in [0.1, 0.15) is 5.75 Å². The van der Waals surface area contributed by atoms with Crippen molar-refractivity contribution >= 4 is 17.3 Å². The maximum atomic E-state index is 5.84. The zero-order valence-corrected chi connectivity index (χ0v) is 20.3. The minimum atomic E-state index is -0.0674. The molecule has 3 aromatic heterocycles. The van der Waals surface area contributed by atoms with Crippen molar-refractivity contribution in [2.45, 2.75) is 32.5 Å². The molecule has 1 aliphatic rings. The molecule has 172 valence electrons. The first-order valence-corrected chi connectivity index (χ1v) is 11.7. The van der Waals surface area contributed by atoms with Gasteiger partial charge in [-0.1, -0.05) is 12.1 Å². The normalized spacial score (nSPS) is 17.6. The highest BCUT2D eigenvalue weighted by Crippen LogP contribution is 2.42. The lowest BCUT2D eigenvalue weighted by atomic mass is 9.96. The summed E-state index contributed by atoms with van der Waals surface area (Å²) in [6.45, 7) is 4.93. The van der Waals surface area contributed by atoms with E-state index in [1.165, 1.54) is 11.3 Å². The van der Waals surface area contributed by atoms with Crippen molar-refractivity contribution in [1.29, 1.82) is 0 Å². The summed E-state index contributed by atoms with van der Waals surface area (Å²) in [5.41, 5.74) is 6.59. The Bertz CT molecular complexity index is 1290. The lowest BCUT2D eigenvalue weighted by Crippen LogP contribution is -2.29. The van der Waals surface area contributed by atoms with E-state index in [0.29, 0.717) is 11.7 Å². The summed E-state index contributed by atoms with van der Waals surface area (Å²) in [5, 5.41) is 4.25. The summed E-state index contributed by atoms with van der Waals surface area (Å²) in [5.74, 6) is 0.841. The van der Waals surface area contributed by atoms with Crippen LogP contribution in [0.5, 0.6) is 5.75 Å². The fourth-order valence-corrected chi connectivity index (χ4v) is 5.10. The Morgan fingerprint density at radius 2 is 1.71 bits per heavy atom. The number of benzene rings is 1. The molecule has 0 bridgehead atoms. The van der Waals surface area contributed by atoms with Crippen molar-refractivity contribution in [2.24, 2.45) is 0 Å². The van der Waals surface area contributed by atoms with Crippen LogP contribution in [0.4, 0.5) is 0 Å². The number of hydrogen-bond acceptors (Lipinski definition) is 4. The maximum absolute atomic E-state index is 5.84. The molecule has 0 aliphatic carbocycles.